The number of aromatic nitrogens is 3. The third-order valence-electron chi connectivity index (χ3n) is 5.33. The van der Waals surface area contributed by atoms with Crippen LogP contribution in [0.3, 0.4) is 0 Å². The Morgan fingerprint density at radius 1 is 1.25 bits per heavy atom. The average molecular weight is 451 g/mol. The maximum atomic E-state index is 12.4. The van der Waals surface area contributed by atoms with Crippen LogP contribution in [0, 0.1) is 6.92 Å². The normalized spacial score (nSPS) is 13.1. The van der Waals surface area contributed by atoms with Gasteiger partial charge in [0.2, 0.25) is 0 Å². The Hall–Kier alpha value is -3.43. The van der Waals surface area contributed by atoms with Gasteiger partial charge in [0.15, 0.2) is 0 Å². The number of benzene rings is 2. The maximum Gasteiger partial charge on any atom is 0.411 e. The van der Waals surface area contributed by atoms with Crippen LogP contribution >= 0.6 is 11.3 Å². The smallest absolute Gasteiger partial charge is 0.411 e. The largest absolute Gasteiger partial charge is 0.496 e. The first-order valence-electron chi connectivity index (χ1n) is 10.2. The van der Waals surface area contributed by atoms with Crippen molar-refractivity contribution in [1.29, 1.82) is 0 Å². The van der Waals surface area contributed by atoms with Gasteiger partial charge in [-0.05, 0) is 37.3 Å². The fourth-order valence-corrected chi connectivity index (χ4v) is 4.73. The number of ether oxygens (including phenoxy) is 3. The molecule has 9 heteroatoms. The minimum Gasteiger partial charge on any atom is -0.496 e. The van der Waals surface area contributed by atoms with Crippen molar-refractivity contribution in [3.63, 3.8) is 0 Å². The van der Waals surface area contributed by atoms with Gasteiger partial charge >= 0.3 is 6.09 Å². The molecule has 1 N–H and O–H groups in total. The van der Waals surface area contributed by atoms with Gasteiger partial charge in [0, 0.05) is 12.2 Å². The van der Waals surface area contributed by atoms with Gasteiger partial charge in [-0.3, -0.25) is 5.32 Å². The van der Waals surface area contributed by atoms with Gasteiger partial charge in [-0.15, -0.1) is 11.3 Å². The molecule has 32 heavy (non-hydrogen) atoms. The first-order chi connectivity index (χ1) is 15.6. The first-order valence-corrected chi connectivity index (χ1v) is 11.0. The Balaban J connectivity index is 1.26. The molecule has 0 saturated heterocycles. The second-order valence-electron chi connectivity index (χ2n) is 7.36. The van der Waals surface area contributed by atoms with Gasteiger partial charge < -0.3 is 18.8 Å². The van der Waals surface area contributed by atoms with E-state index in [-0.39, 0.29) is 6.61 Å². The van der Waals surface area contributed by atoms with Crippen molar-refractivity contribution >= 4 is 34.2 Å². The highest BCUT2D eigenvalue weighted by atomic mass is 32.1. The molecule has 0 radical (unpaired) electrons. The van der Waals surface area contributed by atoms with Crippen molar-refractivity contribution in [3.8, 4) is 16.3 Å². The first kappa shape index (κ1) is 20.5. The van der Waals surface area contributed by atoms with E-state index < -0.39 is 6.09 Å². The van der Waals surface area contributed by atoms with E-state index in [4.69, 9.17) is 14.2 Å². The summed E-state index contributed by atoms with van der Waals surface area (Å²) >= 11 is 1.49. The molecule has 0 fully saturated rings. The topological polar surface area (TPSA) is 87.5 Å². The second kappa shape index (κ2) is 8.60. The zero-order chi connectivity index (χ0) is 22.1. The molecule has 1 aliphatic rings. The van der Waals surface area contributed by atoms with Crippen molar-refractivity contribution < 1.29 is 19.0 Å². The SMILES string of the molecule is COc1ccccc1-c1nc(C)c(COC(=O)Nc2ccc3c(c2)nc2n3CCOC2)s1. The number of rotatable bonds is 5. The molecule has 0 aliphatic carbocycles. The van der Waals surface area contributed by atoms with E-state index >= 15 is 0 Å². The van der Waals surface area contributed by atoms with Gasteiger partial charge in [-0.2, -0.15) is 0 Å². The number of imidazole rings is 1. The van der Waals surface area contributed by atoms with Crippen molar-refractivity contribution in [3.05, 3.63) is 58.9 Å². The summed E-state index contributed by atoms with van der Waals surface area (Å²) in [6.45, 7) is 4.02. The third-order valence-corrected chi connectivity index (χ3v) is 6.49. The van der Waals surface area contributed by atoms with E-state index in [2.05, 4.69) is 19.9 Å². The lowest BCUT2D eigenvalue weighted by Crippen LogP contribution is -2.16. The summed E-state index contributed by atoms with van der Waals surface area (Å²) in [4.78, 5) is 22.5. The van der Waals surface area contributed by atoms with Crippen LogP contribution in [0.25, 0.3) is 21.6 Å². The van der Waals surface area contributed by atoms with Gasteiger partial charge in [-0.1, -0.05) is 12.1 Å². The number of aryl methyl sites for hydroxylation is 1. The lowest BCUT2D eigenvalue weighted by molar-refractivity contribution is 0.0830. The van der Waals surface area contributed by atoms with Crippen molar-refractivity contribution in [2.45, 2.75) is 26.7 Å². The Morgan fingerprint density at radius 3 is 3.00 bits per heavy atom. The summed E-state index contributed by atoms with van der Waals surface area (Å²) in [5.41, 5.74) is 4.24. The van der Waals surface area contributed by atoms with Gasteiger partial charge in [0.05, 0.1) is 40.9 Å². The molecule has 1 aliphatic heterocycles. The predicted octanol–water partition coefficient (Wildman–Crippen LogP) is 4.76. The highest BCUT2D eigenvalue weighted by molar-refractivity contribution is 7.15. The van der Waals surface area contributed by atoms with Crippen LogP contribution in [0.5, 0.6) is 5.75 Å². The number of thiazole rings is 1. The molecule has 3 heterocycles. The van der Waals surface area contributed by atoms with Crippen LogP contribution in [0.2, 0.25) is 0 Å². The minimum absolute atomic E-state index is 0.142. The zero-order valence-electron chi connectivity index (χ0n) is 17.8. The summed E-state index contributed by atoms with van der Waals surface area (Å²) in [5, 5.41) is 3.61. The fourth-order valence-electron chi connectivity index (χ4n) is 3.72. The number of fused-ring (bicyclic) bond motifs is 3. The Labute approximate surface area is 188 Å². The van der Waals surface area contributed by atoms with E-state index in [0.717, 1.165) is 50.3 Å². The lowest BCUT2D eigenvalue weighted by atomic mass is 10.2. The lowest BCUT2D eigenvalue weighted by Gasteiger charge is -2.14. The van der Waals surface area contributed by atoms with E-state index in [1.54, 1.807) is 7.11 Å². The number of hydrogen-bond donors (Lipinski definition) is 1. The summed E-state index contributed by atoms with van der Waals surface area (Å²) < 4.78 is 18.5. The molecule has 2 aromatic carbocycles. The molecule has 2 aromatic heterocycles. The van der Waals surface area contributed by atoms with E-state index in [1.807, 2.05) is 49.4 Å². The van der Waals surface area contributed by atoms with E-state index in [1.165, 1.54) is 11.3 Å². The number of carbonyl (C=O) groups excluding carboxylic acids is 1. The molecule has 4 aromatic rings. The van der Waals surface area contributed by atoms with Crippen molar-refractivity contribution in [2.24, 2.45) is 0 Å². The molecule has 5 rings (SSSR count). The van der Waals surface area contributed by atoms with E-state index in [0.29, 0.717) is 18.9 Å². The summed E-state index contributed by atoms with van der Waals surface area (Å²) in [7, 11) is 1.64. The number of hydrogen-bond acceptors (Lipinski definition) is 7. The van der Waals surface area contributed by atoms with Crippen LogP contribution in [-0.4, -0.2) is 34.3 Å². The summed E-state index contributed by atoms with van der Waals surface area (Å²) in [6.07, 6.45) is -0.525. The van der Waals surface area contributed by atoms with Crippen molar-refractivity contribution in [1.82, 2.24) is 14.5 Å². The second-order valence-corrected chi connectivity index (χ2v) is 8.45. The number of methoxy groups -OCH3 is 1. The number of amides is 1. The van der Waals surface area contributed by atoms with Gasteiger partial charge in [0.25, 0.3) is 0 Å². The van der Waals surface area contributed by atoms with Crippen LogP contribution in [0.1, 0.15) is 16.4 Å². The van der Waals surface area contributed by atoms with Crippen LogP contribution in [-0.2, 0) is 29.2 Å². The third kappa shape index (κ3) is 3.92. The quantitative estimate of drug-likeness (QED) is 0.472. The van der Waals surface area contributed by atoms with Crippen molar-refractivity contribution in [2.75, 3.05) is 19.0 Å². The molecule has 0 unspecified atom stereocenters. The minimum atomic E-state index is -0.525. The summed E-state index contributed by atoms with van der Waals surface area (Å²) in [5.74, 6) is 1.66. The maximum absolute atomic E-state index is 12.4. The Morgan fingerprint density at radius 2 is 2.12 bits per heavy atom. The molecular formula is C23H22N4O4S. The number of nitrogens with one attached hydrogen (secondary N) is 1. The standard InChI is InChI=1S/C23H22N4O4S/c1-14-20(32-22(24-14)16-5-3-4-6-19(16)29-2)12-31-23(28)25-15-7-8-18-17(11-15)26-21-13-30-10-9-27(18)21/h3-8,11H,9-10,12-13H2,1-2H3,(H,25,28). The number of nitrogens with zero attached hydrogens (tertiary/aromatic N) is 3. The number of anilines is 1. The molecule has 1 amide bonds. The Kier molecular flexibility index (Phi) is 5.50. The number of carbonyl (C=O) groups is 1. The molecule has 0 bridgehead atoms. The molecular weight excluding hydrogens is 428 g/mol. The predicted molar refractivity (Wildman–Crippen MR) is 122 cm³/mol. The monoisotopic (exact) mass is 450 g/mol. The Bertz CT molecular complexity index is 1300. The van der Waals surface area contributed by atoms with Crippen LogP contribution in [0.15, 0.2) is 42.5 Å². The van der Waals surface area contributed by atoms with Gasteiger partial charge in [-0.25, -0.2) is 14.8 Å². The average Bonchev–Trinajstić information content (AvgIpc) is 3.37. The van der Waals surface area contributed by atoms with Crippen LogP contribution < -0.4 is 10.1 Å². The summed E-state index contributed by atoms with van der Waals surface area (Å²) in [6, 6.07) is 13.4. The fraction of sp³-hybridized carbons (Fsp3) is 0.261. The molecule has 164 valence electrons. The highest BCUT2D eigenvalue weighted by Crippen LogP contribution is 2.34. The van der Waals surface area contributed by atoms with Crippen LogP contribution in [0.4, 0.5) is 10.5 Å². The zero-order valence-corrected chi connectivity index (χ0v) is 18.6. The number of para-hydroxylation sites is 1. The molecule has 0 spiro atoms. The molecule has 8 nitrogen and oxygen atoms in total. The van der Waals surface area contributed by atoms with E-state index in [9.17, 15) is 4.79 Å². The molecule has 0 saturated carbocycles. The van der Waals surface area contributed by atoms with Gasteiger partial charge in [0.1, 0.15) is 29.8 Å². The highest BCUT2D eigenvalue weighted by Gasteiger charge is 2.17. The molecule has 0 atom stereocenters.